The predicted octanol–water partition coefficient (Wildman–Crippen LogP) is 2.78. The van der Waals surface area contributed by atoms with Crippen LogP contribution < -0.4 is 0 Å². The third-order valence-corrected chi connectivity index (χ3v) is 4.72. The van der Waals surface area contributed by atoms with Crippen LogP contribution in [0.1, 0.15) is 40.5 Å². The van der Waals surface area contributed by atoms with E-state index in [0.717, 1.165) is 0 Å². The molecule has 1 aliphatic rings. The zero-order valence-electron chi connectivity index (χ0n) is 16.5. The molecule has 156 valence electrons. The lowest BCUT2D eigenvalue weighted by Crippen LogP contribution is -2.54. The molecule has 0 aliphatic carbocycles. The first-order valence-corrected chi connectivity index (χ1v) is 9.54. The van der Waals surface area contributed by atoms with Crippen molar-refractivity contribution < 1.29 is 33.4 Å². The first-order chi connectivity index (χ1) is 14.4. The third kappa shape index (κ3) is 5.18. The molecule has 0 saturated carbocycles. The van der Waals surface area contributed by atoms with Gasteiger partial charge in [0.05, 0.1) is 30.3 Å². The molecule has 1 heterocycles. The Balaban J connectivity index is 1.64. The molecule has 0 radical (unpaired) electrons. The highest BCUT2D eigenvalue weighted by Crippen LogP contribution is 2.29. The molecule has 0 bridgehead atoms. The quantitative estimate of drug-likeness (QED) is 0.648. The Bertz CT molecular complexity index is 923. The van der Waals surface area contributed by atoms with Crippen LogP contribution >= 0.6 is 0 Å². The van der Waals surface area contributed by atoms with Gasteiger partial charge in [0.15, 0.2) is 11.4 Å². The molecule has 7 heteroatoms. The normalized spacial score (nSPS) is 21.0. The number of carbonyl (C=O) groups excluding carboxylic acids is 4. The van der Waals surface area contributed by atoms with E-state index in [4.69, 9.17) is 14.2 Å². The molecule has 2 aromatic rings. The number of hydrogen-bond acceptors (Lipinski definition) is 7. The topological polar surface area (TPSA) is 96.0 Å². The smallest absolute Gasteiger partial charge is 0.339 e. The molecule has 2 atom stereocenters. The lowest BCUT2D eigenvalue weighted by Gasteiger charge is -2.37. The Kier molecular flexibility index (Phi) is 6.74. The van der Waals surface area contributed by atoms with Crippen LogP contribution in [-0.2, 0) is 23.8 Å². The van der Waals surface area contributed by atoms with Gasteiger partial charge >= 0.3 is 11.9 Å². The number of esters is 2. The molecule has 0 amide bonds. The first kappa shape index (κ1) is 21.4. The zero-order chi connectivity index (χ0) is 21.6. The number of carbonyl (C=O) groups is 4. The van der Waals surface area contributed by atoms with Crippen LogP contribution in [-0.4, -0.2) is 48.4 Å². The van der Waals surface area contributed by atoms with E-state index >= 15 is 0 Å². The van der Waals surface area contributed by atoms with Gasteiger partial charge in [0.2, 0.25) is 0 Å². The molecule has 1 fully saturated rings. The maximum absolute atomic E-state index is 12.9. The van der Waals surface area contributed by atoms with E-state index in [2.05, 4.69) is 0 Å². The van der Waals surface area contributed by atoms with E-state index in [0.29, 0.717) is 5.56 Å². The Morgan fingerprint density at radius 3 is 2.07 bits per heavy atom. The van der Waals surface area contributed by atoms with E-state index in [1.165, 1.54) is 6.92 Å². The zero-order valence-corrected chi connectivity index (χ0v) is 16.5. The molecule has 0 spiro atoms. The third-order valence-electron chi connectivity index (χ3n) is 4.72. The lowest BCUT2D eigenvalue weighted by molar-refractivity contribution is -0.170. The standard InChI is InChI=1S/C23H22O7/c1-16(24)13-23(30-22(27)18-10-6-3-7-11-18)15-29-19(12-20(23)25)14-28-21(26)17-8-4-2-5-9-17/h2-11,19H,12-15H2,1H3/t19-,23-/m0/s1. The Morgan fingerprint density at radius 1 is 0.967 bits per heavy atom. The van der Waals surface area contributed by atoms with Gasteiger partial charge in [-0.2, -0.15) is 0 Å². The highest BCUT2D eigenvalue weighted by atomic mass is 16.6. The summed E-state index contributed by atoms with van der Waals surface area (Å²) in [5.41, 5.74) is -1.02. The van der Waals surface area contributed by atoms with E-state index in [9.17, 15) is 19.2 Å². The second-order valence-corrected chi connectivity index (χ2v) is 7.15. The summed E-state index contributed by atoms with van der Waals surface area (Å²) in [5.74, 6) is -1.97. The number of rotatable bonds is 7. The molecule has 30 heavy (non-hydrogen) atoms. The van der Waals surface area contributed by atoms with E-state index in [1.807, 2.05) is 0 Å². The Morgan fingerprint density at radius 2 is 1.53 bits per heavy atom. The maximum atomic E-state index is 12.9. The highest BCUT2D eigenvalue weighted by Gasteiger charge is 2.48. The van der Waals surface area contributed by atoms with Gasteiger partial charge in [-0.25, -0.2) is 9.59 Å². The van der Waals surface area contributed by atoms with Crippen molar-refractivity contribution in [2.24, 2.45) is 0 Å². The Hall–Kier alpha value is -3.32. The first-order valence-electron chi connectivity index (χ1n) is 9.54. The van der Waals surface area contributed by atoms with Crippen molar-refractivity contribution in [1.82, 2.24) is 0 Å². The fourth-order valence-electron chi connectivity index (χ4n) is 3.20. The van der Waals surface area contributed by atoms with E-state index in [-0.39, 0.29) is 37.4 Å². The molecule has 7 nitrogen and oxygen atoms in total. The summed E-state index contributed by atoms with van der Waals surface area (Å²) >= 11 is 0. The number of benzene rings is 2. The van der Waals surface area contributed by atoms with Crippen LogP contribution in [0.4, 0.5) is 0 Å². The fraction of sp³-hybridized carbons (Fsp3) is 0.304. The fourth-order valence-corrected chi connectivity index (χ4v) is 3.20. The maximum Gasteiger partial charge on any atom is 0.339 e. The van der Waals surface area contributed by atoms with Gasteiger partial charge in [0.1, 0.15) is 12.4 Å². The minimum atomic E-state index is -1.68. The number of ketones is 2. The van der Waals surface area contributed by atoms with Crippen molar-refractivity contribution in [3.63, 3.8) is 0 Å². The molecular formula is C23H22O7. The van der Waals surface area contributed by atoms with Gasteiger partial charge in [0, 0.05) is 6.42 Å². The molecule has 1 saturated heterocycles. The lowest BCUT2D eigenvalue weighted by atomic mass is 9.87. The Labute approximate surface area is 173 Å². The second-order valence-electron chi connectivity index (χ2n) is 7.15. The van der Waals surface area contributed by atoms with Crippen LogP contribution in [0.2, 0.25) is 0 Å². The van der Waals surface area contributed by atoms with Crippen molar-refractivity contribution in [2.75, 3.05) is 13.2 Å². The van der Waals surface area contributed by atoms with E-state index < -0.39 is 29.4 Å². The predicted molar refractivity (Wildman–Crippen MR) is 106 cm³/mol. The average Bonchev–Trinajstić information content (AvgIpc) is 2.75. The summed E-state index contributed by atoms with van der Waals surface area (Å²) in [4.78, 5) is 49.2. The summed E-state index contributed by atoms with van der Waals surface area (Å²) < 4.78 is 16.4. The molecule has 2 aromatic carbocycles. The monoisotopic (exact) mass is 410 g/mol. The van der Waals surface area contributed by atoms with Crippen molar-refractivity contribution in [3.8, 4) is 0 Å². The SMILES string of the molecule is CC(=O)C[C@]1(OC(=O)c2ccccc2)CO[C@H](COC(=O)c2ccccc2)CC1=O. The number of ether oxygens (including phenoxy) is 3. The molecule has 0 aromatic heterocycles. The molecule has 3 rings (SSSR count). The van der Waals surface area contributed by atoms with Crippen LogP contribution in [0.5, 0.6) is 0 Å². The van der Waals surface area contributed by atoms with Crippen molar-refractivity contribution in [1.29, 1.82) is 0 Å². The van der Waals surface area contributed by atoms with E-state index in [1.54, 1.807) is 60.7 Å². The number of hydrogen-bond donors (Lipinski definition) is 0. The van der Waals surface area contributed by atoms with Crippen molar-refractivity contribution in [3.05, 3.63) is 71.8 Å². The van der Waals surface area contributed by atoms with Crippen molar-refractivity contribution >= 4 is 23.5 Å². The largest absolute Gasteiger partial charge is 0.459 e. The number of Topliss-reactive ketones (excluding diaryl/α,β-unsaturated/α-hetero) is 2. The summed E-state index contributed by atoms with van der Waals surface area (Å²) in [6.45, 7) is 0.916. The van der Waals surface area contributed by atoms with Crippen LogP contribution in [0, 0.1) is 0 Å². The van der Waals surface area contributed by atoms with Crippen LogP contribution in [0.25, 0.3) is 0 Å². The van der Waals surface area contributed by atoms with Crippen molar-refractivity contribution in [2.45, 2.75) is 31.5 Å². The summed E-state index contributed by atoms with van der Waals surface area (Å²) in [7, 11) is 0. The molecule has 1 aliphatic heterocycles. The van der Waals surface area contributed by atoms with Crippen LogP contribution in [0.3, 0.4) is 0 Å². The van der Waals surface area contributed by atoms with Gasteiger partial charge in [-0.1, -0.05) is 36.4 Å². The van der Waals surface area contributed by atoms with Gasteiger partial charge in [-0.15, -0.1) is 0 Å². The molecular weight excluding hydrogens is 388 g/mol. The summed E-state index contributed by atoms with van der Waals surface area (Å²) in [6, 6.07) is 16.7. The highest BCUT2D eigenvalue weighted by molar-refractivity contribution is 5.98. The summed E-state index contributed by atoms with van der Waals surface area (Å²) in [5, 5.41) is 0. The summed E-state index contributed by atoms with van der Waals surface area (Å²) in [6.07, 6.45) is -1.10. The van der Waals surface area contributed by atoms with Crippen LogP contribution in [0.15, 0.2) is 60.7 Å². The average molecular weight is 410 g/mol. The minimum Gasteiger partial charge on any atom is -0.459 e. The van der Waals surface area contributed by atoms with Gasteiger partial charge < -0.3 is 14.2 Å². The molecule has 0 N–H and O–H groups in total. The molecule has 0 unspecified atom stereocenters. The van der Waals surface area contributed by atoms with Gasteiger partial charge in [-0.3, -0.25) is 9.59 Å². The van der Waals surface area contributed by atoms with Gasteiger partial charge in [0.25, 0.3) is 0 Å². The van der Waals surface area contributed by atoms with Gasteiger partial charge in [-0.05, 0) is 31.2 Å². The minimum absolute atomic E-state index is 0.123. The second kappa shape index (κ2) is 9.45.